The number of pyridine rings is 1. The number of aliphatic hydroxyl groups is 1. The third-order valence-corrected chi connectivity index (χ3v) is 4.79. The Morgan fingerprint density at radius 3 is 2.61 bits per heavy atom. The van der Waals surface area contributed by atoms with Gasteiger partial charge in [-0.25, -0.2) is 15.0 Å². The Morgan fingerprint density at radius 1 is 1.06 bits per heavy atom. The van der Waals surface area contributed by atoms with Crippen molar-refractivity contribution in [1.29, 1.82) is 0 Å². The Morgan fingerprint density at radius 2 is 1.91 bits per heavy atom. The second-order valence-corrected chi connectivity index (χ2v) is 6.93. The van der Waals surface area contributed by atoms with Gasteiger partial charge in [-0.2, -0.15) is 8.78 Å². The van der Waals surface area contributed by atoms with Crippen molar-refractivity contribution in [2.24, 2.45) is 0 Å². The van der Waals surface area contributed by atoms with Gasteiger partial charge in [-0.1, -0.05) is 6.07 Å². The molecule has 4 heterocycles. The molecular formula is C21H16F2N8O2. The Balaban J connectivity index is 1.48. The molecule has 0 radical (unpaired) electrons. The van der Waals surface area contributed by atoms with E-state index >= 15 is 0 Å². The summed E-state index contributed by atoms with van der Waals surface area (Å²) in [4.78, 5) is 17.4. The van der Waals surface area contributed by atoms with Gasteiger partial charge in [-0.3, -0.25) is 4.98 Å². The Labute approximate surface area is 185 Å². The van der Waals surface area contributed by atoms with Crippen LogP contribution in [0.4, 0.5) is 20.4 Å². The summed E-state index contributed by atoms with van der Waals surface area (Å²) in [7, 11) is 0. The lowest BCUT2D eigenvalue weighted by Crippen LogP contribution is -2.01. The van der Waals surface area contributed by atoms with Crippen LogP contribution >= 0.6 is 0 Å². The first kappa shape index (κ1) is 20.6. The summed E-state index contributed by atoms with van der Waals surface area (Å²) in [6.45, 7) is 0.354. The largest absolute Gasteiger partial charge is 0.415 e. The first-order valence-corrected chi connectivity index (χ1v) is 9.84. The van der Waals surface area contributed by atoms with Gasteiger partial charge < -0.3 is 19.4 Å². The maximum atomic E-state index is 12.7. The van der Waals surface area contributed by atoms with Gasteiger partial charge in [0.1, 0.15) is 0 Å². The molecule has 5 aromatic rings. The summed E-state index contributed by atoms with van der Waals surface area (Å²) >= 11 is 0. The monoisotopic (exact) mass is 450 g/mol. The Hall–Kier alpha value is -4.32. The summed E-state index contributed by atoms with van der Waals surface area (Å²) in [6, 6.07) is 9.35. The van der Waals surface area contributed by atoms with E-state index in [0.717, 1.165) is 22.3 Å². The minimum atomic E-state index is -2.85. The fourth-order valence-electron chi connectivity index (χ4n) is 3.31. The lowest BCUT2D eigenvalue weighted by Gasteiger charge is -2.10. The van der Waals surface area contributed by atoms with Crippen LogP contribution in [0.5, 0.6) is 0 Å². The highest BCUT2D eigenvalue weighted by molar-refractivity contribution is 5.94. The molecule has 4 aromatic heterocycles. The van der Waals surface area contributed by atoms with E-state index < -0.39 is 12.3 Å². The molecule has 10 nitrogen and oxygen atoms in total. The van der Waals surface area contributed by atoms with E-state index in [4.69, 9.17) is 4.42 Å². The average Bonchev–Trinajstić information content (AvgIpc) is 3.48. The molecule has 0 aliphatic heterocycles. The number of nitrogens with zero attached hydrogens (tertiary/aromatic N) is 7. The number of alkyl halides is 2. The van der Waals surface area contributed by atoms with Crippen LogP contribution in [0.15, 0.2) is 59.7 Å². The van der Waals surface area contributed by atoms with Crippen LogP contribution in [0.3, 0.4) is 0 Å². The van der Waals surface area contributed by atoms with Crippen molar-refractivity contribution >= 4 is 22.7 Å². The molecule has 0 atom stereocenters. The number of halogens is 2. The predicted octanol–water partition coefficient (Wildman–Crippen LogP) is 3.61. The fraction of sp³-hybridized carbons (Fsp3) is 0.143. The van der Waals surface area contributed by atoms with Crippen LogP contribution in [0, 0.1) is 0 Å². The van der Waals surface area contributed by atoms with Crippen molar-refractivity contribution in [2.45, 2.75) is 13.0 Å². The van der Waals surface area contributed by atoms with E-state index in [1.165, 1.54) is 12.4 Å². The van der Waals surface area contributed by atoms with Crippen molar-refractivity contribution in [3.05, 3.63) is 61.1 Å². The van der Waals surface area contributed by atoms with E-state index in [1.807, 2.05) is 34.9 Å². The first-order chi connectivity index (χ1) is 16.1. The zero-order valence-electron chi connectivity index (χ0n) is 16.9. The van der Waals surface area contributed by atoms with Crippen molar-refractivity contribution in [3.63, 3.8) is 0 Å². The molecule has 33 heavy (non-hydrogen) atoms. The maximum Gasteiger partial charge on any atom is 0.314 e. The highest BCUT2D eigenvalue weighted by Crippen LogP contribution is 2.31. The number of hydrogen-bond acceptors (Lipinski definition) is 9. The van der Waals surface area contributed by atoms with Crippen LogP contribution in [-0.2, 0) is 6.54 Å². The molecule has 0 spiro atoms. The minimum absolute atomic E-state index is 0.0322. The molecule has 0 aliphatic rings. The Kier molecular flexibility index (Phi) is 5.40. The number of hydrogen-bond donors (Lipinski definition) is 2. The SMILES string of the molecule is OCCn1cnc2c(-c3ccccn3)cc(Nc3ncc(-c4nnc(C(F)F)o4)cn3)cc21. The highest BCUT2D eigenvalue weighted by Gasteiger charge is 2.18. The zero-order valence-corrected chi connectivity index (χ0v) is 16.9. The number of nitrogens with one attached hydrogen (secondary N) is 1. The summed E-state index contributed by atoms with van der Waals surface area (Å²) in [5.41, 5.74) is 4.07. The molecule has 0 aliphatic carbocycles. The average molecular weight is 450 g/mol. The van der Waals surface area contributed by atoms with Gasteiger partial charge in [0.25, 0.3) is 11.8 Å². The van der Waals surface area contributed by atoms with Gasteiger partial charge in [0.15, 0.2) is 0 Å². The molecule has 0 fully saturated rings. The van der Waals surface area contributed by atoms with Crippen LogP contribution < -0.4 is 5.32 Å². The molecule has 0 unspecified atom stereocenters. The fourth-order valence-corrected chi connectivity index (χ4v) is 3.31. The second kappa shape index (κ2) is 8.67. The molecule has 166 valence electrons. The smallest absolute Gasteiger partial charge is 0.314 e. The van der Waals surface area contributed by atoms with Crippen molar-refractivity contribution < 1.29 is 18.3 Å². The third-order valence-electron chi connectivity index (χ3n) is 4.79. The summed E-state index contributed by atoms with van der Waals surface area (Å²) in [5, 5.41) is 19.4. The second-order valence-electron chi connectivity index (χ2n) is 6.93. The molecule has 0 bridgehead atoms. The molecule has 0 saturated carbocycles. The van der Waals surface area contributed by atoms with E-state index in [2.05, 4.69) is 35.5 Å². The van der Waals surface area contributed by atoms with Crippen molar-refractivity contribution in [3.8, 4) is 22.7 Å². The lowest BCUT2D eigenvalue weighted by molar-refractivity contribution is 0.116. The number of aromatic nitrogens is 7. The summed E-state index contributed by atoms with van der Waals surface area (Å²) < 4.78 is 32.1. The first-order valence-electron chi connectivity index (χ1n) is 9.84. The standard InChI is InChI=1S/C21H16F2N8O2/c22-18(23)20-30-29-19(33-20)12-9-25-21(26-10-12)28-13-7-14(15-3-1-2-4-24-15)17-16(8-13)31(5-6-32)11-27-17/h1-4,7-11,18,32H,5-6H2,(H,25,26,28). The molecule has 12 heteroatoms. The van der Waals surface area contributed by atoms with E-state index in [0.29, 0.717) is 17.8 Å². The number of imidazole rings is 1. The van der Waals surface area contributed by atoms with Gasteiger partial charge in [-0.15, -0.1) is 10.2 Å². The molecule has 1 aromatic carbocycles. The van der Waals surface area contributed by atoms with E-state index in [-0.39, 0.29) is 18.4 Å². The van der Waals surface area contributed by atoms with Crippen LogP contribution in [0.1, 0.15) is 12.3 Å². The van der Waals surface area contributed by atoms with Crippen molar-refractivity contribution in [1.82, 2.24) is 34.7 Å². The summed E-state index contributed by atoms with van der Waals surface area (Å²) in [6.07, 6.45) is 3.31. The van der Waals surface area contributed by atoms with Crippen LogP contribution in [0.2, 0.25) is 0 Å². The van der Waals surface area contributed by atoms with Crippen LogP contribution in [-0.4, -0.2) is 46.4 Å². The Bertz CT molecular complexity index is 1390. The number of benzene rings is 1. The minimum Gasteiger partial charge on any atom is -0.415 e. The predicted molar refractivity (Wildman–Crippen MR) is 114 cm³/mol. The molecular weight excluding hydrogens is 434 g/mol. The zero-order chi connectivity index (χ0) is 22.8. The lowest BCUT2D eigenvalue weighted by atomic mass is 10.1. The quantitative estimate of drug-likeness (QED) is 0.382. The third kappa shape index (κ3) is 4.11. The molecule has 2 N–H and O–H groups in total. The van der Waals surface area contributed by atoms with Gasteiger partial charge in [0.2, 0.25) is 5.95 Å². The number of fused-ring (bicyclic) bond motifs is 1. The summed E-state index contributed by atoms with van der Waals surface area (Å²) in [5.74, 6) is -0.586. The van der Waals surface area contributed by atoms with E-state index in [9.17, 15) is 13.9 Å². The highest BCUT2D eigenvalue weighted by atomic mass is 19.3. The molecule has 0 saturated heterocycles. The van der Waals surface area contributed by atoms with Gasteiger partial charge >= 0.3 is 6.43 Å². The van der Waals surface area contributed by atoms with Gasteiger partial charge in [-0.05, 0) is 24.3 Å². The molecule has 0 amide bonds. The number of aliphatic hydroxyl groups excluding tert-OH is 1. The maximum absolute atomic E-state index is 12.7. The van der Waals surface area contributed by atoms with Crippen molar-refractivity contribution in [2.75, 3.05) is 11.9 Å². The van der Waals surface area contributed by atoms with Gasteiger partial charge in [0, 0.05) is 36.4 Å². The number of rotatable bonds is 7. The molecule has 5 rings (SSSR count). The normalized spacial score (nSPS) is 11.4. The topological polar surface area (TPSA) is 128 Å². The van der Waals surface area contributed by atoms with Crippen LogP contribution in [0.25, 0.3) is 33.7 Å². The number of anilines is 2. The van der Waals surface area contributed by atoms with E-state index in [1.54, 1.807) is 12.5 Å². The van der Waals surface area contributed by atoms with Gasteiger partial charge in [0.05, 0.1) is 35.2 Å².